The van der Waals surface area contributed by atoms with E-state index >= 15 is 0 Å². The summed E-state index contributed by atoms with van der Waals surface area (Å²) in [7, 11) is 7.52. The van der Waals surface area contributed by atoms with Gasteiger partial charge in [-0.05, 0) is 42.5 Å². The van der Waals surface area contributed by atoms with Crippen LogP contribution in [0, 0.1) is 0 Å². The van der Waals surface area contributed by atoms with E-state index < -0.39 is 11.8 Å². The highest BCUT2D eigenvalue weighted by Gasteiger charge is 2.16. The van der Waals surface area contributed by atoms with E-state index in [-0.39, 0.29) is 5.56 Å². The van der Waals surface area contributed by atoms with Crippen LogP contribution in [0.4, 0.5) is 5.69 Å². The second-order valence-corrected chi connectivity index (χ2v) is 7.23. The normalized spacial score (nSPS) is 10.5. The van der Waals surface area contributed by atoms with E-state index in [0.29, 0.717) is 45.6 Å². The maximum Gasteiger partial charge on any atom is 0.273 e. The van der Waals surface area contributed by atoms with Gasteiger partial charge in [0.25, 0.3) is 11.8 Å². The highest BCUT2D eigenvalue weighted by Crippen LogP contribution is 2.37. The van der Waals surface area contributed by atoms with Crippen LogP contribution in [0.1, 0.15) is 26.3 Å². The minimum absolute atomic E-state index is 0.230. The van der Waals surface area contributed by atoms with Crippen molar-refractivity contribution in [2.24, 2.45) is 5.10 Å². The third-order valence-corrected chi connectivity index (χ3v) is 5.13. The van der Waals surface area contributed by atoms with Crippen molar-refractivity contribution in [3.05, 3.63) is 71.3 Å². The first-order valence-corrected chi connectivity index (χ1v) is 10.7. The van der Waals surface area contributed by atoms with Gasteiger partial charge < -0.3 is 29.0 Å². The maximum atomic E-state index is 12.8. The molecule has 3 rings (SSSR count). The van der Waals surface area contributed by atoms with E-state index in [2.05, 4.69) is 15.8 Å². The van der Waals surface area contributed by atoms with Crippen molar-refractivity contribution >= 4 is 23.7 Å². The van der Waals surface area contributed by atoms with Crippen LogP contribution in [-0.4, -0.2) is 53.6 Å². The first kappa shape index (κ1) is 25.9. The van der Waals surface area contributed by atoms with Crippen molar-refractivity contribution in [1.82, 2.24) is 5.43 Å². The number of para-hydroxylation sites is 1. The van der Waals surface area contributed by atoms with Crippen LogP contribution in [0.2, 0.25) is 0 Å². The van der Waals surface area contributed by atoms with Crippen LogP contribution < -0.4 is 34.4 Å². The molecule has 0 aliphatic carbocycles. The van der Waals surface area contributed by atoms with Gasteiger partial charge in [-0.15, -0.1) is 0 Å². The second kappa shape index (κ2) is 12.1. The number of nitrogens with zero attached hydrogens (tertiary/aromatic N) is 1. The number of carbonyl (C=O) groups excluding carboxylic acids is 2. The lowest BCUT2D eigenvalue weighted by molar-refractivity contribution is 0.0956. The molecule has 0 radical (unpaired) electrons. The van der Waals surface area contributed by atoms with Crippen molar-refractivity contribution < 1.29 is 33.3 Å². The minimum atomic E-state index is -0.512. The van der Waals surface area contributed by atoms with Crippen LogP contribution in [0.15, 0.2) is 59.7 Å². The molecule has 10 nitrogen and oxygen atoms in total. The summed E-state index contributed by atoms with van der Waals surface area (Å²) < 4.78 is 26.4. The zero-order chi connectivity index (χ0) is 26.1. The Hall–Kier alpha value is -4.73. The summed E-state index contributed by atoms with van der Waals surface area (Å²) in [6.07, 6.45) is 1.44. The van der Waals surface area contributed by atoms with E-state index in [1.165, 1.54) is 41.8 Å². The smallest absolute Gasteiger partial charge is 0.273 e. The molecule has 0 atom stereocenters. The molecule has 3 aromatic rings. The Morgan fingerprint density at radius 1 is 0.722 bits per heavy atom. The van der Waals surface area contributed by atoms with E-state index in [1.54, 1.807) is 54.6 Å². The number of hydrogen-bond acceptors (Lipinski definition) is 8. The Labute approximate surface area is 208 Å². The van der Waals surface area contributed by atoms with Crippen LogP contribution >= 0.6 is 0 Å². The summed E-state index contributed by atoms with van der Waals surface area (Å²) in [5.41, 5.74) is 3.96. The first-order valence-electron chi connectivity index (χ1n) is 10.7. The lowest BCUT2D eigenvalue weighted by Gasteiger charge is -2.13. The van der Waals surface area contributed by atoms with Gasteiger partial charge in [-0.2, -0.15) is 5.10 Å². The summed E-state index contributed by atoms with van der Waals surface area (Å²) in [6, 6.07) is 14.8. The molecular formula is C26H27N3O7. The van der Waals surface area contributed by atoms with E-state index in [9.17, 15) is 9.59 Å². The minimum Gasteiger partial charge on any atom is -0.493 e. The fraction of sp³-hybridized carbons (Fsp3) is 0.192. The summed E-state index contributed by atoms with van der Waals surface area (Å²) in [5, 5.41) is 6.78. The number of ether oxygens (including phenoxy) is 5. The standard InChI is InChI=1S/C26H27N3O7/c1-32-20-11-10-17(14-21(20)33-2)25(30)28-19-9-7-6-8-18(19)26(31)29-27-15-16-12-22(34-3)24(36-5)23(13-16)35-4/h6-15H,1-5H3,(H,28,30)(H,29,31). The van der Waals surface area contributed by atoms with Crippen molar-refractivity contribution in [3.8, 4) is 28.7 Å². The molecule has 2 amide bonds. The summed E-state index contributed by atoms with van der Waals surface area (Å²) in [5.74, 6) is 1.33. The van der Waals surface area contributed by atoms with Crippen molar-refractivity contribution in [1.29, 1.82) is 0 Å². The van der Waals surface area contributed by atoms with Gasteiger partial charge in [0.15, 0.2) is 23.0 Å². The second-order valence-electron chi connectivity index (χ2n) is 7.23. The van der Waals surface area contributed by atoms with Gasteiger partial charge in [0.1, 0.15) is 0 Å². The number of hydrazone groups is 1. The van der Waals surface area contributed by atoms with Crippen molar-refractivity contribution in [3.63, 3.8) is 0 Å². The Kier molecular flexibility index (Phi) is 8.71. The SMILES string of the molecule is COc1ccc(C(=O)Nc2ccccc2C(=O)NN=Cc2cc(OC)c(OC)c(OC)c2)cc1OC. The van der Waals surface area contributed by atoms with Crippen LogP contribution in [0.5, 0.6) is 28.7 Å². The highest BCUT2D eigenvalue weighted by molar-refractivity contribution is 6.09. The van der Waals surface area contributed by atoms with Crippen LogP contribution in [-0.2, 0) is 0 Å². The average molecular weight is 494 g/mol. The molecule has 188 valence electrons. The fourth-order valence-electron chi connectivity index (χ4n) is 3.36. The number of nitrogens with one attached hydrogen (secondary N) is 2. The molecule has 0 saturated carbocycles. The molecule has 0 aliphatic rings. The molecule has 36 heavy (non-hydrogen) atoms. The molecular weight excluding hydrogens is 466 g/mol. The summed E-state index contributed by atoms with van der Waals surface area (Å²) >= 11 is 0. The van der Waals surface area contributed by atoms with E-state index in [1.807, 2.05) is 0 Å². The lowest BCUT2D eigenvalue weighted by Crippen LogP contribution is -2.21. The molecule has 2 N–H and O–H groups in total. The molecule has 0 spiro atoms. The molecule has 10 heteroatoms. The zero-order valence-corrected chi connectivity index (χ0v) is 20.6. The number of benzene rings is 3. The van der Waals surface area contributed by atoms with Gasteiger partial charge in [-0.3, -0.25) is 9.59 Å². The Bertz CT molecular complexity index is 1250. The fourth-order valence-corrected chi connectivity index (χ4v) is 3.36. The quantitative estimate of drug-likeness (QED) is 0.326. The third kappa shape index (κ3) is 5.84. The van der Waals surface area contributed by atoms with Crippen LogP contribution in [0.3, 0.4) is 0 Å². The van der Waals surface area contributed by atoms with E-state index in [4.69, 9.17) is 23.7 Å². The average Bonchev–Trinajstić information content (AvgIpc) is 2.92. The van der Waals surface area contributed by atoms with Gasteiger partial charge >= 0.3 is 0 Å². The highest BCUT2D eigenvalue weighted by atomic mass is 16.5. The Morgan fingerprint density at radius 2 is 1.36 bits per heavy atom. The number of rotatable bonds is 10. The first-order chi connectivity index (χ1) is 17.4. The summed E-state index contributed by atoms with van der Waals surface area (Å²) in [4.78, 5) is 25.6. The molecule has 0 bridgehead atoms. The number of carbonyl (C=O) groups is 2. The molecule has 0 heterocycles. The largest absolute Gasteiger partial charge is 0.493 e. The molecule has 0 fully saturated rings. The number of amides is 2. The van der Waals surface area contributed by atoms with Gasteiger partial charge in [0.05, 0.1) is 53.0 Å². The number of anilines is 1. The Morgan fingerprint density at radius 3 is 1.97 bits per heavy atom. The van der Waals surface area contributed by atoms with Gasteiger partial charge in [0.2, 0.25) is 5.75 Å². The molecule has 0 saturated heterocycles. The van der Waals surface area contributed by atoms with Crippen molar-refractivity contribution in [2.75, 3.05) is 40.9 Å². The van der Waals surface area contributed by atoms with Gasteiger partial charge in [-0.1, -0.05) is 12.1 Å². The third-order valence-electron chi connectivity index (χ3n) is 5.13. The Balaban J connectivity index is 1.76. The zero-order valence-electron chi connectivity index (χ0n) is 20.6. The molecule has 3 aromatic carbocycles. The number of hydrogen-bond donors (Lipinski definition) is 2. The van der Waals surface area contributed by atoms with Gasteiger partial charge in [0, 0.05) is 11.1 Å². The molecule has 0 aromatic heterocycles. The molecule has 0 unspecified atom stereocenters. The number of methoxy groups -OCH3 is 5. The van der Waals surface area contributed by atoms with Crippen molar-refractivity contribution in [2.45, 2.75) is 0 Å². The predicted octanol–water partition coefficient (Wildman–Crippen LogP) is 3.75. The molecule has 0 aliphatic heterocycles. The van der Waals surface area contributed by atoms with E-state index in [0.717, 1.165) is 0 Å². The summed E-state index contributed by atoms with van der Waals surface area (Å²) in [6.45, 7) is 0. The topological polar surface area (TPSA) is 117 Å². The van der Waals surface area contributed by atoms with Gasteiger partial charge in [-0.25, -0.2) is 5.43 Å². The lowest BCUT2D eigenvalue weighted by atomic mass is 10.1. The maximum absolute atomic E-state index is 12.8. The predicted molar refractivity (Wildman–Crippen MR) is 135 cm³/mol. The monoisotopic (exact) mass is 493 g/mol. The van der Waals surface area contributed by atoms with Crippen LogP contribution in [0.25, 0.3) is 0 Å².